The summed E-state index contributed by atoms with van der Waals surface area (Å²) in [5.74, 6) is 0.908. The number of fused-ring (bicyclic) bond motifs is 1. The molecule has 3 nitrogen and oxygen atoms in total. The monoisotopic (exact) mass is 374 g/mol. The molecule has 132 valence electrons. The first-order valence-corrected chi connectivity index (χ1v) is 10.3. The lowest BCUT2D eigenvalue weighted by molar-refractivity contribution is -0.165. The third-order valence-corrected chi connectivity index (χ3v) is 7.85. The number of benzene rings is 1. The molecule has 5 heteroatoms. The van der Waals surface area contributed by atoms with Crippen LogP contribution in [-0.2, 0) is 4.79 Å². The SMILES string of the molecule is C[C@@]12CC3CC(C(=O)Nc4nc5ccc(Cl)cc5s4)(C1)C[C@@](C)(C3)C2. The van der Waals surface area contributed by atoms with E-state index in [-0.39, 0.29) is 11.3 Å². The van der Waals surface area contributed by atoms with Gasteiger partial charge in [0.1, 0.15) is 0 Å². The van der Waals surface area contributed by atoms with E-state index in [0.717, 1.165) is 29.5 Å². The summed E-state index contributed by atoms with van der Waals surface area (Å²) in [6.07, 6.45) is 7.02. The summed E-state index contributed by atoms with van der Waals surface area (Å²) >= 11 is 7.58. The molecule has 0 saturated heterocycles. The van der Waals surface area contributed by atoms with Crippen LogP contribution in [0.3, 0.4) is 0 Å². The van der Waals surface area contributed by atoms with E-state index in [9.17, 15) is 4.79 Å². The highest BCUT2D eigenvalue weighted by molar-refractivity contribution is 7.22. The zero-order chi connectivity index (χ0) is 17.4. The third kappa shape index (κ3) is 2.52. The Morgan fingerprint density at radius 1 is 1.20 bits per heavy atom. The highest BCUT2D eigenvalue weighted by atomic mass is 35.5. The first kappa shape index (κ1) is 16.1. The molecule has 4 bridgehead atoms. The lowest BCUT2D eigenvalue weighted by Crippen LogP contribution is -2.58. The van der Waals surface area contributed by atoms with Gasteiger partial charge in [-0.1, -0.05) is 36.8 Å². The predicted molar refractivity (Wildman–Crippen MR) is 103 cm³/mol. The highest BCUT2D eigenvalue weighted by Crippen LogP contribution is 2.69. The maximum atomic E-state index is 13.3. The number of rotatable bonds is 2. The Balaban J connectivity index is 1.45. The molecule has 6 rings (SSSR count). The molecule has 2 atom stereocenters. The van der Waals surface area contributed by atoms with Crippen LogP contribution in [0.15, 0.2) is 18.2 Å². The maximum absolute atomic E-state index is 13.3. The van der Waals surface area contributed by atoms with Crippen LogP contribution in [0.4, 0.5) is 5.13 Å². The van der Waals surface area contributed by atoms with Crippen LogP contribution in [0.1, 0.15) is 52.4 Å². The van der Waals surface area contributed by atoms with Gasteiger partial charge in [-0.2, -0.15) is 0 Å². The van der Waals surface area contributed by atoms with Crippen molar-refractivity contribution in [1.82, 2.24) is 4.98 Å². The standard InChI is InChI=1S/C20H23ClN2OS/c1-18-6-12-7-19(2,9-18)11-20(8-12,10-18)16(24)23-17-22-14-4-3-13(21)5-15(14)25-17/h3-5,12H,6-11H2,1-2H3,(H,22,23,24)/t12?,18-,19-,20?/m0/s1. The third-order valence-electron chi connectivity index (χ3n) is 6.68. The average molecular weight is 375 g/mol. The number of halogens is 1. The lowest BCUT2D eigenvalue weighted by atomic mass is 9.40. The van der Waals surface area contributed by atoms with E-state index >= 15 is 0 Å². The van der Waals surface area contributed by atoms with Crippen LogP contribution < -0.4 is 5.32 Å². The van der Waals surface area contributed by atoms with Crippen molar-refractivity contribution in [1.29, 1.82) is 0 Å². The summed E-state index contributed by atoms with van der Waals surface area (Å²) in [6.45, 7) is 4.80. The zero-order valence-electron chi connectivity index (χ0n) is 14.7. The Labute approximate surface area is 157 Å². The molecule has 1 heterocycles. The van der Waals surface area contributed by atoms with Gasteiger partial charge in [-0.05, 0) is 73.5 Å². The second-order valence-electron chi connectivity index (χ2n) is 9.50. The van der Waals surface area contributed by atoms with E-state index in [4.69, 9.17) is 11.6 Å². The minimum absolute atomic E-state index is 0.194. The molecule has 4 aliphatic rings. The number of nitrogens with zero attached hydrogens (tertiary/aromatic N) is 1. The molecule has 4 aliphatic carbocycles. The topological polar surface area (TPSA) is 42.0 Å². The largest absolute Gasteiger partial charge is 0.301 e. The highest BCUT2D eigenvalue weighted by Gasteiger charge is 2.62. The van der Waals surface area contributed by atoms with Crippen molar-refractivity contribution in [3.05, 3.63) is 23.2 Å². The van der Waals surface area contributed by atoms with Crippen LogP contribution in [0.5, 0.6) is 0 Å². The van der Waals surface area contributed by atoms with E-state index in [1.165, 1.54) is 30.6 Å². The fourth-order valence-corrected chi connectivity index (χ4v) is 8.02. The summed E-state index contributed by atoms with van der Waals surface area (Å²) in [6, 6.07) is 5.67. The number of aromatic nitrogens is 1. The molecule has 1 aromatic heterocycles. The Morgan fingerprint density at radius 2 is 1.92 bits per heavy atom. The van der Waals surface area contributed by atoms with Crippen molar-refractivity contribution in [2.75, 3.05) is 5.32 Å². The van der Waals surface area contributed by atoms with Crippen LogP contribution in [0.2, 0.25) is 5.02 Å². The molecule has 0 spiro atoms. The minimum atomic E-state index is -0.196. The normalized spacial score (nSPS) is 39.1. The first-order chi connectivity index (χ1) is 11.8. The Bertz CT molecular complexity index is 873. The minimum Gasteiger partial charge on any atom is -0.301 e. The first-order valence-electron chi connectivity index (χ1n) is 9.14. The van der Waals surface area contributed by atoms with Gasteiger partial charge in [-0.25, -0.2) is 4.98 Å². The summed E-state index contributed by atoms with van der Waals surface area (Å²) in [5.41, 5.74) is 1.38. The Hall–Kier alpha value is -1.13. The van der Waals surface area contributed by atoms with Gasteiger partial charge in [-0.3, -0.25) is 4.79 Å². The smallest absolute Gasteiger partial charge is 0.232 e. The van der Waals surface area contributed by atoms with Gasteiger partial charge < -0.3 is 5.32 Å². The van der Waals surface area contributed by atoms with Gasteiger partial charge in [0, 0.05) is 5.02 Å². The molecular formula is C20H23ClN2OS. The molecule has 0 radical (unpaired) electrons. The molecule has 1 amide bonds. The predicted octanol–water partition coefficient (Wildman–Crippen LogP) is 5.88. The van der Waals surface area contributed by atoms with E-state index in [0.29, 0.717) is 26.9 Å². The van der Waals surface area contributed by atoms with Crippen molar-refractivity contribution < 1.29 is 4.79 Å². The number of hydrogen-bond acceptors (Lipinski definition) is 3. The molecular weight excluding hydrogens is 352 g/mol. The second kappa shape index (κ2) is 4.98. The number of thiazole rings is 1. The summed E-state index contributed by atoms with van der Waals surface area (Å²) in [7, 11) is 0. The number of carbonyl (C=O) groups excluding carboxylic acids is 1. The molecule has 25 heavy (non-hydrogen) atoms. The molecule has 4 fully saturated rings. The van der Waals surface area contributed by atoms with E-state index in [1.54, 1.807) is 0 Å². The number of carbonyl (C=O) groups is 1. The Kier molecular flexibility index (Phi) is 3.20. The Morgan fingerprint density at radius 3 is 2.60 bits per heavy atom. The van der Waals surface area contributed by atoms with Gasteiger partial charge in [0.05, 0.1) is 15.6 Å². The molecule has 1 N–H and O–H groups in total. The van der Waals surface area contributed by atoms with Crippen LogP contribution in [-0.4, -0.2) is 10.9 Å². The van der Waals surface area contributed by atoms with Gasteiger partial charge >= 0.3 is 0 Å². The summed E-state index contributed by atoms with van der Waals surface area (Å²) in [5, 5.41) is 4.57. The second-order valence-corrected chi connectivity index (χ2v) is 11.0. The molecule has 1 aromatic carbocycles. The van der Waals surface area contributed by atoms with E-state index in [2.05, 4.69) is 24.1 Å². The van der Waals surface area contributed by atoms with Crippen LogP contribution >= 0.6 is 22.9 Å². The molecule has 0 aliphatic heterocycles. The van der Waals surface area contributed by atoms with Crippen molar-refractivity contribution in [3.8, 4) is 0 Å². The number of nitrogens with one attached hydrogen (secondary N) is 1. The maximum Gasteiger partial charge on any atom is 0.232 e. The van der Waals surface area contributed by atoms with Crippen molar-refractivity contribution in [3.63, 3.8) is 0 Å². The van der Waals surface area contributed by atoms with Crippen LogP contribution in [0.25, 0.3) is 10.2 Å². The van der Waals surface area contributed by atoms with Gasteiger partial charge in [0.25, 0.3) is 0 Å². The van der Waals surface area contributed by atoms with E-state index < -0.39 is 0 Å². The number of hydrogen-bond donors (Lipinski definition) is 1. The molecule has 0 unspecified atom stereocenters. The number of amides is 1. The quantitative estimate of drug-likeness (QED) is 0.712. The fraction of sp³-hybridized carbons (Fsp3) is 0.600. The fourth-order valence-electron chi connectivity index (χ4n) is 6.88. The van der Waals surface area contributed by atoms with Crippen LogP contribution in [0, 0.1) is 22.2 Å². The van der Waals surface area contributed by atoms with Gasteiger partial charge in [0.15, 0.2) is 5.13 Å². The van der Waals surface area contributed by atoms with Gasteiger partial charge in [0.2, 0.25) is 5.91 Å². The zero-order valence-corrected chi connectivity index (χ0v) is 16.3. The molecule has 4 saturated carbocycles. The van der Waals surface area contributed by atoms with Crippen molar-refractivity contribution >= 4 is 44.2 Å². The molecule has 2 aromatic rings. The lowest BCUT2D eigenvalue weighted by Gasteiger charge is -2.64. The van der Waals surface area contributed by atoms with Crippen molar-refractivity contribution in [2.24, 2.45) is 22.2 Å². The van der Waals surface area contributed by atoms with E-state index in [1.807, 2.05) is 18.2 Å². The average Bonchev–Trinajstić information content (AvgIpc) is 2.84. The number of anilines is 1. The van der Waals surface area contributed by atoms with Crippen molar-refractivity contribution in [2.45, 2.75) is 52.4 Å². The van der Waals surface area contributed by atoms with Gasteiger partial charge in [-0.15, -0.1) is 0 Å². The summed E-state index contributed by atoms with van der Waals surface area (Å²) < 4.78 is 1.02. The summed E-state index contributed by atoms with van der Waals surface area (Å²) in [4.78, 5) is 17.9.